The maximum absolute atomic E-state index is 13.8. The second-order valence-corrected chi connectivity index (χ2v) is 18.3. The standard InChI is InChI=1S/C46H68O16S.Na/c1-14-26(2)20-29(5)21-27(3)16-15-17-30(6)42(59-34(10)49)31(7)22-28(4)18-19-39(58-33(9)48)46(12,13)40-24-37(51)41(45(52)62-40)44-43(60-35(11)50)38(57-32(8)47)23-36(61-44)25-56-63(53,54)55;/h15-16,18-19,21-22,24,26,29-31,36,38-39,42-44,51H,14,17,20,23,25H2,1-13H3,(H,53,54,55);/q;+1/p-1/b16-15+,19-18+,27-21+,28-22+;. The zero-order chi connectivity index (χ0) is 48.0. The number of carbonyl (C=O) groups excluding carboxylic acids is 4. The summed E-state index contributed by atoms with van der Waals surface area (Å²) in [5.74, 6) is -2.76. The number of aromatic hydroxyl groups is 1. The van der Waals surface area contributed by atoms with E-state index >= 15 is 0 Å². The van der Waals surface area contributed by atoms with Crippen LogP contribution in [0.4, 0.5) is 0 Å². The summed E-state index contributed by atoms with van der Waals surface area (Å²) >= 11 is 0. The van der Waals surface area contributed by atoms with E-state index in [0.717, 1.165) is 38.3 Å². The van der Waals surface area contributed by atoms with Crippen molar-refractivity contribution in [2.75, 3.05) is 6.61 Å². The van der Waals surface area contributed by atoms with Crippen LogP contribution in [-0.4, -0.2) is 79.1 Å². The third kappa shape index (κ3) is 19.5. The smallest absolute Gasteiger partial charge is 0.726 e. The van der Waals surface area contributed by atoms with Crippen molar-refractivity contribution in [1.29, 1.82) is 0 Å². The predicted molar refractivity (Wildman–Crippen MR) is 232 cm³/mol. The molecule has 18 heteroatoms. The van der Waals surface area contributed by atoms with Crippen molar-refractivity contribution in [3.8, 4) is 5.75 Å². The van der Waals surface area contributed by atoms with Crippen LogP contribution >= 0.6 is 0 Å². The fraction of sp³-hybridized carbons (Fsp3) is 0.630. The van der Waals surface area contributed by atoms with E-state index in [2.05, 4.69) is 50.1 Å². The zero-order valence-corrected chi connectivity index (χ0v) is 42.6. The Balaban J connectivity index is 0.0000205. The molecule has 0 amide bonds. The first-order chi connectivity index (χ1) is 29.1. The van der Waals surface area contributed by atoms with Gasteiger partial charge < -0.3 is 37.8 Å². The van der Waals surface area contributed by atoms with E-state index in [4.69, 9.17) is 28.1 Å². The van der Waals surface area contributed by atoms with Crippen LogP contribution in [0.5, 0.6) is 5.75 Å². The molecule has 64 heavy (non-hydrogen) atoms. The fourth-order valence-corrected chi connectivity index (χ4v) is 7.93. The molecule has 0 aromatic carbocycles. The van der Waals surface area contributed by atoms with E-state index in [0.29, 0.717) is 18.3 Å². The molecule has 1 saturated heterocycles. The average Bonchev–Trinajstić information content (AvgIpc) is 3.14. The summed E-state index contributed by atoms with van der Waals surface area (Å²) < 4.78 is 71.8. The van der Waals surface area contributed by atoms with Gasteiger partial charge in [0.1, 0.15) is 41.5 Å². The van der Waals surface area contributed by atoms with Crippen LogP contribution in [0.3, 0.4) is 0 Å². The molecule has 16 nitrogen and oxygen atoms in total. The van der Waals surface area contributed by atoms with Crippen LogP contribution in [0.15, 0.2) is 62.9 Å². The molecule has 10 unspecified atom stereocenters. The van der Waals surface area contributed by atoms with E-state index in [-0.39, 0.29) is 53.6 Å². The summed E-state index contributed by atoms with van der Waals surface area (Å²) in [4.78, 5) is 62.6. The van der Waals surface area contributed by atoms with Crippen LogP contribution in [0, 0.1) is 23.7 Å². The molecule has 1 N–H and O–H groups in total. The van der Waals surface area contributed by atoms with Crippen molar-refractivity contribution in [3.05, 3.63) is 75.4 Å². The number of carbonyl (C=O) groups is 4. The van der Waals surface area contributed by atoms with Gasteiger partial charge in [-0.25, -0.2) is 13.2 Å². The van der Waals surface area contributed by atoms with Gasteiger partial charge in [-0.3, -0.25) is 23.4 Å². The molecule has 1 fully saturated rings. The minimum Gasteiger partial charge on any atom is -0.726 e. The number of hydrogen-bond acceptors (Lipinski definition) is 16. The Kier molecular flexibility index (Phi) is 24.2. The molecule has 0 bridgehead atoms. The molecule has 1 aromatic heterocycles. The number of esters is 4. The van der Waals surface area contributed by atoms with Gasteiger partial charge in [-0.1, -0.05) is 82.6 Å². The third-order valence-electron chi connectivity index (χ3n) is 10.8. The molecule has 0 aliphatic carbocycles. The quantitative estimate of drug-likeness (QED) is 0.0424. The molecular weight excluding hydrogens is 864 g/mol. The number of rotatable bonds is 22. The normalized spacial score (nSPS) is 21.5. The molecule has 1 aliphatic heterocycles. The van der Waals surface area contributed by atoms with Crippen molar-refractivity contribution in [2.24, 2.45) is 23.7 Å². The number of ether oxygens (including phenoxy) is 5. The van der Waals surface area contributed by atoms with Gasteiger partial charge in [0.05, 0.1) is 18.1 Å². The van der Waals surface area contributed by atoms with Crippen molar-refractivity contribution >= 4 is 34.3 Å². The second kappa shape index (κ2) is 26.5. The van der Waals surface area contributed by atoms with Gasteiger partial charge in [-0.15, -0.1) is 0 Å². The van der Waals surface area contributed by atoms with Gasteiger partial charge in [0, 0.05) is 46.1 Å². The maximum Gasteiger partial charge on any atom is 1.00 e. The van der Waals surface area contributed by atoms with Gasteiger partial charge in [-0.05, 0) is 64.4 Å². The van der Waals surface area contributed by atoms with Crippen LogP contribution in [0.25, 0.3) is 0 Å². The van der Waals surface area contributed by atoms with Crippen LogP contribution in [-0.2, 0) is 62.9 Å². The summed E-state index contributed by atoms with van der Waals surface area (Å²) in [6.45, 7) is 21.6. The molecule has 354 valence electrons. The van der Waals surface area contributed by atoms with Gasteiger partial charge in [0.15, 0.2) is 6.10 Å². The molecule has 0 saturated carbocycles. The first-order valence-corrected chi connectivity index (χ1v) is 22.5. The summed E-state index contributed by atoms with van der Waals surface area (Å²) in [6, 6.07) is 1.09. The Bertz CT molecular complexity index is 2030. The van der Waals surface area contributed by atoms with E-state index in [9.17, 15) is 42.0 Å². The van der Waals surface area contributed by atoms with E-state index in [1.807, 2.05) is 26.8 Å². The van der Waals surface area contributed by atoms with Crippen molar-refractivity contribution < 1.29 is 99.1 Å². The SMILES string of the molecule is CCC(C)CC(C)/C=C(C)/C=C/CC(C)C(OC(C)=O)C(C)/C=C(C)/C=C/C(OC(C)=O)C(C)(C)c1cc(O)c(C2OC(COS(=O)(=O)[O-])CC(OC(C)=O)C2OC(C)=O)c(=O)o1.[Na+]. The minimum atomic E-state index is -5.19. The second-order valence-electron chi connectivity index (χ2n) is 17.2. The molecule has 2 heterocycles. The minimum absolute atomic E-state index is 0. The van der Waals surface area contributed by atoms with Crippen molar-refractivity contribution in [3.63, 3.8) is 0 Å². The molecule has 0 radical (unpaired) electrons. The molecule has 0 spiro atoms. The first-order valence-electron chi connectivity index (χ1n) is 21.2. The van der Waals surface area contributed by atoms with E-state index < -0.39 is 99.9 Å². The monoisotopic (exact) mass is 930 g/mol. The summed E-state index contributed by atoms with van der Waals surface area (Å²) in [5, 5.41) is 11.4. The maximum atomic E-state index is 13.8. The zero-order valence-electron chi connectivity index (χ0n) is 39.8. The summed E-state index contributed by atoms with van der Waals surface area (Å²) in [5.41, 5.74) is -1.18. The van der Waals surface area contributed by atoms with Crippen LogP contribution < -0.4 is 35.2 Å². The Labute approximate surface area is 400 Å². The largest absolute Gasteiger partial charge is 1.00 e. The Hall–Kier alpha value is -3.58. The van der Waals surface area contributed by atoms with Crippen molar-refractivity contribution in [1.82, 2.24) is 0 Å². The molecule has 10 atom stereocenters. The fourth-order valence-electron chi connectivity index (χ4n) is 7.62. The molecular formula is C46H67NaO16S. The Morgan fingerprint density at radius 2 is 1.52 bits per heavy atom. The van der Waals surface area contributed by atoms with Crippen LogP contribution in [0.1, 0.15) is 133 Å². The van der Waals surface area contributed by atoms with Gasteiger partial charge in [-0.2, -0.15) is 0 Å². The van der Waals surface area contributed by atoms with E-state index in [1.165, 1.54) is 19.4 Å². The van der Waals surface area contributed by atoms with E-state index in [1.54, 1.807) is 26.0 Å². The van der Waals surface area contributed by atoms with Gasteiger partial charge in [0.25, 0.3) is 0 Å². The Morgan fingerprint density at radius 1 is 0.922 bits per heavy atom. The Morgan fingerprint density at radius 3 is 2.05 bits per heavy atom. The topological polar surface area (TPSA) is 231 Å². The predicted octanol–water partition coefficient (Wildman–Crippen LogP) is 4.40. The van der Waals surface area contributed by atoms with Gasteiger partial charge in [0.2, 0.25) is 10.4 Å². The van der Waals surface area contributed by atoms with Gasteiger partial charge >= 0.3 is 59.1 Å². The molecule has 2 rings (SSSR count). The number of hydrogen-bond donors (Lipinski definition) is 1. The molecule has 1 aromatic rings. The first kappa shape index (κ1) is 58.4. The molecule has 1 aliphatic rings. The van der Waals surface area contributed by atoms with Crippen molar-refractivity contribution in [2.45, 2.75) is 158 Å². The summed E-state index contributed by atoms with van der Waals surface area (Å²) in [6.07, 6.45) is 6.89. The third-order valence-corrected chi connectivity index (χ3v) is 11.2. The van der Waals surface area contributed by atoms with Crippen LogP contribution in [0.2, 0.25) is 0 Å². The average molecular weight is 931 g/mol. The number of allylic oxidation sites excluding steroid dienone is 6. The summed E-state index contributed by atoms with van der Waals surface area (Å²) in [7, 11) is -5.19.